The summed E-state index contributed by atoms with van der Waals surface area (Å²) in [5.74, 6) is 1.15. The average molecular weight is 280 g/mol. The number of urea groups is 1. The summed E-state index contributed by atoms with van der Waals surface area (Å²) >= 11 is 0. The third-order valence-electron chi connectivity index (χ3n) is 3.44. The van der Waals surface area contributed by atoms with E-state index in [0.29, 0.717) is 17.2 Å². The van der Waals surface area contributed by atoms with Gasteiger partial charge < -0.3 is 25.2 Å². The van der Waals surface area contributed by atoms with Crippen LogP contribution in [0.1, 0.15) is 19.3 Å². The fourth-order valence-electron chi connectivity index (χ4n) is 2.36. The van der Waals surface area contributed by atoms with Gasteiger partial charge in [0, 0.05) is 11.8 Å². The Hall–Kier alpha value is -1.95. The van der Waals surface area contributed by atoms with Gasteiger partial charge in [-0.15, -0.1) is 0 Å². The number of ether oxygens (including phenoxy) is 2. The van der Waals surface area contributed by atoms with E-state index in [1.54, 1.807) is 25.3 Å². The Bertz CT molecular complexity index is 478. The Morgan fingerprint density at radius 1 is 1.25 bits per heavy atom. The largest absolute Gasteiger partial charge is 0.493 e. The second kappa shape index (κ2) is 6.47. The minimum absolute atomic E-state index is 0.171. The molecule has 2 atom stereocenters. The van der Waals surface area contributed by atoms with Crippen molar-refractivity contribution >= 4 is 11.7 Å². The molecule has 6 heteroatoms. The molecule has 0 aliphatic heterocycles. The Balaban J connectivity index is 1.97. The molecule has 0 spiro atoms. The summed E-state index contributed by atoms with van der Waals surface area (Å²) in [7, 11) is 3.09. The molecule has 0 saturated heterocycles. The van der Waals surface area contributed by atoms with E-state index in [-0.39, 0.29) is 12.1 Å². The number of aliphatic hydroxyl groups is 1. The Morgan fingerprint density at radius 3 is 2.60 bits per heavy atom. The normalized spacial score (nSPS) is 21.4. The van der Waals surface area contributed by atoms with Crippen LogP contribution in [0.4, 0.5) is 10.5 Å². The number of methoxy groups -OCH3 is 2. The van der Waals surface area contributed by atoms with Crippen molar-refractivity contribution in [2.75, 3.05) is 19.5 Å². The molecular formula is C14H20N2O4. The van der Waals surface area contributed by atoms with Crippen LogP contribution in [0.15, 0.2) is 18.2 Å². The third kappa shape index (κ3) is 3.33. The van der Waals surface area contributed by atoms with Crippen molar-refractivity contribution in [1.29, 1.82) is 0 Å². The molecule has 0 heterocycles. The Kier molecular flexibility index (Phi) is 4.68. The van der Waals surface area contributed by atoms with E-state index in [2.05, 4.69) is 10.6 Å². The first-order valence-electron chi connectivity index (χ1n) is 6.61. The molecule has 1 aromatic carbocycles. The summed E-state index contributed by atoms with van der Waals surface area (Å²) in [5.41, 5.74) is 0.604. The van der Waals surface area contributed by atoms with Crippen LogP contribution in [-0.2, 0) is 0 Å². The van der Waals surface area contributed by atoms with Gasteiger partial charge in [0.15, 0.2) is 11.5 Å². The second-order valence-electron chi connectivity index (χ2n) is 4.77. The van der Waals surface area contributed by atoms with E-state index in [4.69, 9.17) is 9.47 Å². The average Bonchev–Trinajstić information content (AvgIpc) is 2.84. The van der Waals surface area contributed by atoms with Gasteiger partial charge in [0.25, 0.3) is 0 Å². The zero-order valence-corrected chi connectivity index (χ0v) is 11.7. The zero-order valence-electron chi connectivity index (χ0n) is 11.7. The van der Waals surface area contributed by atoms with E-state index in [9.17, 15) is 9.90 Å². The predicted molar refractivity (Wildman–Crippen MR) is 75.3 cm³/mol. The van der Waals surface area contributed by atoms with Crippen molar-refractivity contribution in [3.8, 4) is 11.5 Å². The molecule has 1 fully saturated rings. The molecule has 110 valence electrons. The van der Waals surface area contributed by atoms with Crippen molar-refractivity contribution in [2.45, 2.75) is 31.4 Å². The maximum atomic E-state index is 11.9. The third-order valence-corrected chi connectivity index (χ3v) is 3.44. The van der Waals surface area contributed by atoms with Crippen LogP contribution < -0.4 is 20.1 Å². The number of hydrogen-bond donors (Lipinski definition) is 3. The topological polar surface area (TPSA) is 79.8 Å². The van der Waals surface area contributed by atoms with Crippen LogP contribution in [0, 0.1) is 0 Å². The lowest BCUT2D eigenvalue weighted by Crippen LogP contribution is -2.42. The van der Waals surface area contributed by atoms with Gasteiger partial charge in [0.2, 0.25) is 0 Å². The maximum absolute atomic E-state index is 11.9. The maximum Gasteiger partial charge on any atom is 0.319 e. The zero-order chi connectivity index (χ0) is 14.5. The monoisotopic (exact) mass is 280 g/mol. The van der Waals surface area contributed by atoms with Crippen LogP contribution in [0.25, 0.3) is 0 Å². The Morgan fingerprint density at radius 2 is 2.00 bits per heavy atom. The summed E-state index contributed by atoms with van der Waals surface area (Å²) in [5, 5.41) is 15.2. The van der Waals surface area contributed by atoms with Crippen LogP contribution in [0.3, 0.4) is 0 Å². The highest BCUT2D eigenvalue weighted by Crippen LogP contribution is 2.29. The first kappa shape index (κ1) is 14.5. The minimum Gasteiger partial charge on any atom is -0.493 e. The lowest BCUT2D eigenvalue weighted by molar-refractivity contribution is 0.151. The molecule has 0 radical (unpaired) electrons. The fourth-order valence-corrected chi connectivity index (χ4v) is 2.36. The number of anilines is 1. The molecule has 20 heavy (non-hydrogen) atoms. The highest BCUT2D eigenvalue weighted by Gasteiger charge is 2.26. The van der Waals surface area contributed by atoms with Gasteiger partial charge in [-0.05, 0) is 31.4 Å². The molecule has 2 amide bonds. The van der Waals surface area contributed by atoms with Gasteiger partial charge in [-0.3, -0.25) is 0 Å². The molecule has 3 N–H and O–H groups in total. The summed E-state index contributed by atoms with van der Waals surface area (Å²) in [4.78, 5) is 11.9. The number of rotatable bonds is 4. The van der Waals surface area contributed by atoms with Crippen molar-refractivity contribution < 1.29 is 19.4 Å². The molecule has 0 bridgehead atoms. The molecule has 2 rings (SSSR count). The van der Waals surface area contributed by atoms with Crippen molar-refractivity contribution in [2.24, 2.45) is 0 Å². The summed E-state index contributed by atoms with van der Waals surface area (Å²) < 4.78 is 10.3. The van der Waals surface area contributed by atoms with Crippen molar-refractivity contribution in [1.82, 2.24) is 5.32 Å². The van der Waals surface area contributed by atoms with Crippen LogP contribution >= 0.6 is 0 Å². The number of aliphatic hydroxyl groups excluding tert-OH is 1. The number of carbonyl (C=O) groups is 1. The molecule has 6 nitrogen and oxygen atoms in total. The number of nitrogens with one attached hydrogen (secondary N) is 2. The first-order valence-corrected chi connectivity index (χ1v) is 6.61. The summed E-state index contributed by atoms with van der Waals surface area (Å²) in [6.07, 6.45) is 2.02. The number of benzene rings is 1. The fraction of sp³-hybridized carbons (Fsp3) is 0.500. The van der Waals surface area contributed by atoms with Crippen molar-refractivity contribution in [3.05, 3.63) is 18.2 Å². The minimum atomic E-state index is -0.453. The Labute approximate surface area is 118 Å². The quantitative estimate of drug-likeness (QED) is 0.785. The van der Waals surface area contributed by atoms with Gasteiger partial charge in [-0.2, -0.15) is 0 Å². The number of amides is 2. The van der Waals surface area contributed by atoms with E-state index in [1.165, 1.54) is 7.11 Å². The van der Waals surface area contributed by atoms with Crippen LogP contribution in [-0.4, -0.2) is 37.5 Å². The SMILES string of the molecule is COc1ccc(NC(=O)NC2CCCC2O)cc1OC. The van der Waals surface area contributed by atoms with Gasteiger partial charge >= 0.3 is 6.03 Å². The predicted octanol–water partition coefficient (Wildman–Crippen LogP) is 1.74. The highest BCUT2D eigenvalue weighted by molar-refractivity contribution is 5.89. The molecule has 2 unspecified atom stereocenters. The van der Waals surface area contributed by atoms with Gasteiger partial charge in [0.1, 0.15) is 0 Å². The van der Waals surface area contributed by atoms with Gasteiger partial charge in [-0.1, -0.05) is 0 Å². The van der Waals surface area contributed by atoms with Gasteiger partial charge in [-0.25, -0.2) is 4.79 Å². The highest BCUT2D eigenvalue weighted by atomic mass is 16.5. The van der Waals surface area contributed by atoms with E-state index < -0.39 is 6.10 Å². The number of hydrogen-bond acceptors (Lipinski definition) is 4. The lowest BCUT2D eigenvalue weighted by atomic mass is 10.2. The summed E-state index contributed by atoms with van der Waals surface area (Å²) in [6, 6.07) is 4.63. The van der Waals surface area contributed by atoms with Crippen LogP contribution in [0.2, 0.25) is 0 Å². The molecule has 1 aliphatic carbocycles. The van der Waals surface area contributed by atoms with Gasteiger partial charge in [0.05, 0.1) is 26.4 Å². The molecule has 1 saturated carbocycles. The van der Waals surface area contributed by atoms with E-state index in [1.807, 2.05) is 0 Å². The van der Waals surface area contributed by atoms with Crippen LogP contribution in [0.5, 0.6) is 11.5 Å². The molecular weight excluding hydrogens is 260 g/mol. The first-order chi connectivity index (χ1) is 9.63. The second-order valence-corrected chi connectivity index (χ2v) is 4.77. The molecule has 1 aromatic rings. The van der Waals surface area contributed by atoms with Crippen molar-refractivity contribution in [3.63, 3.8) is 0 Å². The smallest absolute Gasteiger partial charge is 0.319 e. The lowest BCUT2D eigenvalue weighted by Gasteiger charge is -2.17. The number of carbonyl (C=O) groups excluding carboxylic acids is 1. The standard InChI is InChI=1S/C14H20N2O4/c1-19-12-7-6-9(8-13(12)20-2)15-14(18)16-10-4-3-5-11(10)17/h6-8,10-11,17H,3-5H2,1-2H3,(H2,15,16,18). The van der Waals surface area contributed by atoms with E-state index in [0.717, 1.165) is 19.3 Å². The summed E-state index contributed by atoms with van der Waals surface area (Å²) in [6.45, 7) is 0. The van der Waals surface area contributed by atoms with E-state index >= 15 is 0 Å². The molecule has 0 aromatic heterocycles. The molecule has 1 aliphatic rings.